The van der Waals surface area contributed by atoms with Gasteiger partial charge in [0.25, 0.3) is 0 Å². The number of hydrogen-bond acceptors (Lipinski definition) is 4. The lowest BCUT2D eigenvalue weighted by atomic mass is 10.3. The molecule has 2 aromatic carbocycles. The second kappa shape index (κ2) is 3.90. The Bertz CT molecular complexity index is 554. The number of hydrogen-bond donors (Lipinski definition) is 1. The van der Waals surface area contributed by atoms with Gasteiger partial charge in [-0.25, -0.2) is 0 Å². The van der Waals surface area contributed by atoms with Gasteiger partial charge in [0.1, 0.15) is 11.5 Å². The second-order valence-corrected chi connectivity index (χ2v) is 3.69. The largest absolute Gasteiger partial charge is 0.457 e. The highest BCUT2D eigenvalue weighted by molar-refractivity contribution is 5.49. The quantitative estimate of drug-likeness (QED) is 0.804. The normalized spacial score (nSPS) is 12.5. The van der Waals surface area contributed by atoms with E-state index in [2.05, 4.69) is 0 Å². The van der Waals surface area contributed by atoms with Crippen LogP contribution in [0.25, 0.3) is 0 Å². The van der Waals surface area contributed by atoms with Crippen LogP contribution in [0.5, 0.6) is 23.0 Å². The first-order valence-corrected chi connectivity index (χ1v) is 5.24. The molecule has 3 rings (SSSR count). The van der Waals surface area contributed by atoms with Gasteiger partial charge in [-0.3, -0.25) is 0 Å². The van der Waals surface area contributed by atoms with Gasteiger partial charge in [0.05, 0.1) is 0 Å². The van der Waals surface area contributed by atoms with Gasteiger partial charge in [0, 0.05) is 17.8 Å². The van der Waals surface area contributed by atoms with Gasteiger partial charge in [-0.1, -0.05) is 6.07 Å². The molecule has 1 aliphatic rings. The van der Waals surface area contributed by atoms with Crippen LogP contribution in [0.1, 0.15) is 0 Å². The summed E-state index contributed by atoms with van der Waals surface area (Å²) in [7, 11) is 0. The molecular formula is C13H11NO3. The van der Waals surface area contributed by atoms with Crippen molar-refractivity contribution in [3.05, 3.63) is 42.5 Å². The monoisotopic (exact) mass is 229 g/mol. The van der Waals surface area contributed by atoms with E-state index in [1.165, 1.54) is 0 Å². The van der Waals surface area contributed by atoms with Crippen LogP contribution in [-0.4, -0.2) is 6.79 Å². The topological polar surface area (TPSA) is 53.7 Å². The maximum absolute atomic E-state index is 5.68. The van der Waals surface area contributed by atoms with Crippen LogP contribution < -0.4 is 19.9 Å². The Hall–Kier alpha value is -2.36. The summed E-state index contributed by atoms with van der Waals surface area (Å²) in [5, 5.41) is 0. The van der Waals surface area contributed by atoms with Gasteiger partial charge in [-0.05, 0) is 24.3 Å². The molecule has 0 saturated heterocycles. The second-order valence-electron chi connectivity index (χ2n) is 3.69. The molecule has 0 saturated carbocycles. The van der Waals surface area contributed by atoms with E-state index in [1.54, 1.807) is 12.1 Å². The Kier molecular flexibility index (Phi) is 2.26. The lowest BCUT2D eigenvalue weighted by molar-refractivity contribution is 0.174. The Balaban J connectivity index is 1.86. The van der Waals surface area contributed by atoms with Crippen molar-refractivity contribution in [1.82, 2.24) is 0 Å². The molecular weight excluding hydrogens is 218 g/mol. The van der Waals surface area contributed by atoms with Crippen molar-refractivity contribution in [2.75, 3.05) is 12.5 Å². The molecule has 0 aromatic heterocycles. The van der Waals surface area contributed by atoms with Crippen molar-refractivity contribution in [3.8, 4) is 23.0 Å². The van der Waals surface area contributed by atoms with E-state index in [-0.39, 0.29) is 6.79 Å². The molecule has 0 amide bonds. The molecule has 2 N–H and O–H groups in total. The summed E-state index contributed by atoms with van der Waals surface area (Å²) >= 11 is 0. The van der Waals surface area contributed by atoms with Crippen LogP contribution in [-0.2, 0) is 0 Å². The van der Waals surface area contributed by atoms with Crippen molar-refractivity contribution in [3.63, 3.8) is 0 Å². The molecule has 0 aliphatic carbocycles. The van der Waals surface area contributed by atoms with Crippen LogP contribution in [0, 0.1) is 0 Å². The highest BCUT2D eigenvalue weighted by atomic mass is 16.7. The summed E-state index contributed by atoms with van der Waals surface area (Å²) in [6.07, 6.45) is 0. The molecule has 0 radical (unpaired) electrons. The number of rotatable bonds is 2. The first-order valence-electron chi connectivity index (χ1n) is 5.24. The van der Waals surface area contributed by atoms with Crippen LogP contribution in [0.3, 0.4) is 0 Å². The zero-order chi connectivity index (χ0) is 11.7. The number of nitrogen functional groups attached to an aromatic ring is 1. The fourth-order valence-corrected chi connectivity index (χ4v) is 1.65. The van der Waals surface area contributed by atoms with Crippen LogP contribution >= 0.6 is 0 Å². The molecule has 2 aromatic rings. The SMILES string of the molecule is Nc1cccc(Oc2ccc3c(c2)OCO3)c1. The average molecular weight is 229 g/mol. The smallest absolute Gasteiger partial charge is 0.231 e. The number of nitrogens with two attached hydrogens (primary N) is 1. The number of anilines is 1. The molecule has 4 heteroatoms. The molecule has 1 heterocycles. The zero-order valence-electron chi connectivity index (χ0n) is 9.05. The summed E-state index contributed by atoms with van der Waals surface area (Å²) < 4.78 is 16.2. The highest BCUT2D eigenvalue weighted by Gasteiger charge is 2.13. The number of ether oxygens (including phenoxy) is 3. The first kappa shape index (κ1) is 9.84. The highest BCUT2D eigenvalue weighted by Crippen LogP contribution is 2.36. The van der Waals surface area contributed by atoms with Crippen molar-refractivity contribution in [1.29, 1.82) is 0 Å². The van der Waals surface area contributed by atoms with Crippen molar-refractivity contribution in [2.24, 2.45) is 0 Å². The molecule has 86 valence electrons. The maximum atomic E-state index is 5.68. The summed E-state index contributed by atoms with van der Waals surface area (Å²) in [6.45, 7) is 0.261. The van der Waals surface area contributed by atoms with Crippen LogP contribution in [0.15, 0.2) is 42.5 Å². The van der Waals surface area contributed by atoms with E-state index >= 15 is 0 Å². The predicted octanol–water partition coefficient (Wildman–Crippen LogP) is 2.79. The number of benzene rings is 2. The summed E-state index contributed by atoms with van der Waals surface area (Å²) in [5.74, 6) is 2.83. The molecule has 4 nitrogen and oxygen atoms in total. The molecule has 0 unspecified atom stereocenters. The average Bonchev–Trinajstić information content (AvgIpc) is 2.76. The zero-order valence-corrected chi connectivity index (χ0v) is 9.05. The van der Waals surface area contributed by atoms with Gasteiger partial charge in [0.15, 0.2) is 11.5 Å². The summed E-state index contributed by atoms with van der Waals surface area (Å²) in [4.78, 5) is 0. The lowest BCUT2D eigenvalue weighted by Crippen LogP contribution is -1.92. The van der Waals surface area contributed by atoms with Gasteiger partial charge in [0.2, 0.25) is 6.79 Å². The van der Waals surface area contributed by atoms with Crippen molar-refractivity contribution < 1.29 is 14.2 Å². The van der Waals surface area contributed by atoms with Gasteiger partial charge in [-0.2, -0.15) is 0 Å². The predicted molar refractivity (Wildman–Crippen MR) is 63.5 cm³/mol. The standard InChI is InChI=1S/C13H11NO3/c14-9-2-1-3-10(6-9)17-11-4-5-12-13(7-11)16-8-15-12/h1-7H,8,14H2. The maximum Gasteiger partial charge on any atom is 0.231 e. The third-order valence-corrected chi connectivity index (χ3v) is 2.44. The lowest BCUT2D eigenvalue weighted by Gasteiger charge is -2.06. The van der Waals surface area contributed by atoms with Gasteiger partial charge >= 0.3 is 0 Å². The molecule has 0 fully saturated rings. The Morgan fingerprint density at radius 2 is 1.76 bits per heavy atom. The summed E-state index contributed by atoms with van der Waals surface area (Å²) in [5.41, 5.74) is 6.35. The van der Waals surface area contributed by atoms with E-state index < -0.39 is 0 Å². The fraction of sp³-hybridized carbons (Fsp3) is 0.0769. The fourth-order valence-electron chi connectivity index (χ4n) is 1.65. The summed E-state index contributed by atoms with van der Waals surface area (Å²) in [6, 6.07) is 12.7. The van der Waals surface area contributed by atoms with E-state index in [9.17, 15) is 0 Å². The Morgan fingerprint density at radius 3 is 2.65 bits per heavy atom. The molecule has 0 atom stereocenters. The minimum atomic E-state index is 0.261. The Morgan fingerprint density at radius 1 is 0.941 bits per heavy atom. The first-order chi connectivity index (χ1) is 8.31. The third kappa shape index (κ3) is 1.97. The van der Waals surface area contributed by atoms with Gasteiger partial charge in [-0.15, -0.1) is 0 Å². The van der Waals surface area contributed by atoms with E-state index in [0.29, 0.717) is 22.9 Å². The van der Waals surface area contributed by atoms with Crippen molar-refractivity contribution >= 4 is 5.69 Å². The van der Waals surface area contributed by atoms with E-state index in [4.69, 9.17) is 19.9 Å². The minimum Gasteiger partial charge on any atom is -0.457 e. The number of fused-ring (bicyclic) bond motifs is 1. The molecule has 0 spiro atoms. The molecule has 1 aliphatic heterocycles. The minimum absolute atomic E-state index is 0.261. The van der Waals surface area contributed by atoms with Crippen LogP contribution in [0.4, 0.5) is 5.69 Å². The van der Waals surface area contributed by atoms with E-state index in [1.807, 2.05) is 30.3 Å². The van der Waals surface area contributed by atoms with E-state index in [0.717, 1.165) is 5.75 Å². The third-order valence-electron chi connectivity index (χ3n) is 2.44. The molecule has 17 heavy (non-hydrogen) atoms. The van der Waals surface area contributed by atoms with Crippen molar-refractivity contribution in [2.45, 2.75) is 0 Å². The van der Waals surface area contributed by atoms with Crippen LogP contribution in [0.2, 0.25) is 0 Å². The molecule has 0 bridgehead atoms. The van der Waals surface area contributed by atoms with Gasteiger partial charge < -0.3 is 19.9 Å². The Labute approximate surface area is 98.5 Å².